The summed E-state index contributed by atoms with van der Waals surface area (Å²) in [6, 6.07) is 6.88. The number of guanidine groups is 1. The zero-order chi connectivity index (χ0) is 19.4. The maximum atomic E-state index is 5.57. The minimum absolute atomic E-state index is 0.161. The molecule has 2 N–H and O–H groups in total. The van der Waals surface area contributed by atoms with Crippen molar-refractivity contribution in [1.29, 1.82) is 0 Å². The summed E-state index contributed by atoms with van der Waals surface area (Å²) in [6.07, 6.45) is 6.00. The molecule has 0 spiro atoms. The number of nitrogens with one attached hydrogen (secondary N) is 2. The summed E-state index contributed by atoms with van der Waals surface area (Å²) in [5, 5.41) is 7.12. The first-order chi connectivity index (χ1) is 13.7. The first-order valence-electron chi connectivity index (χ1n) is 10.9. The zero-order valence-corrected chi connectivity index (χ0v) is 17.3. The maximum absolute atomic E-state index is 5.57. The molecule has 6 nitrogen and oxygen atoms in total. The Labute approximate surface area is 168 Å². The Bertz CT molecular complexity index is 694. The molecule has 1 saturated heterocycles. The van der Waals surface area contributed by atoms with Crippen molar-refractivity contribution in [3.8, 4) is 11.5 Å². The molecule has 0 amide bonds. The zero-order valence-electron chi connectivity index (χ0n) is 17.3. The number of rotatable bonds is 7. The standard InChI is InChI=1S/C22H34N4O2/c1-3-11-26-12-7-18(8-13-26)25-21(23-4-2)24-15-22(9-10-22)17-5-6-19-20(14-17)28-16-27-19/h5-6,14,18H,3-4,7-13,15-16H2,1-2H3,(H2,23,24,25). The minimum atomic E-state index is 0.161. The van der Waals surface area contributed by atoms with E-state index in [0.717, 1.165) is 30.5 Å². The Morgan fingerprint density at radius 2 is 1.96 bits per heavy atom. The number of nitrogens with zero attached hydrogens (tertiary/aromatic N) is 2. The monoisotopic (exact) mass is 386 g/mol. The van der Waals surface area contributed by atoms with Crippen LogP contribution in [0.2, 0.25) is 0 Å². The van der Waals surface area contributed by atoms with Crippen molar-refractivity contribution < 1.29 is 9.47 Å². The van der Waals surface area contributed by atoms with Crippen LogP contribution in [-0.2, 0) is 5.41 Å². The van der Waals surface area contributed by atoms with Crippen LogP contribution in [0.4, 0.5) is 0 Å². The third-order valence-corrected chi connectivity index (χ3v) is 6.19. The molecular formula is C22H34N4O2. The lowest BCUT2D eigenvalue weighted by Crippen LogP contribution is -2.49. The van der Waals surface area contributed by atoms with Crippen molar-refractivity contribution >= 4 is 5.96 Å². The van der Waals surface area contributed by atoms with Gasteiger partial charge in [-0.3, -0.25) is 4.99 Å². The van der Waals surface area contributed by atoms with Gasteiger partial charge in [0.15, 0.2) is 17.5 Å². The first-order valence-corrected chi connectivity index (χ1v) is 10.9. The van der Waals surface area contributed by atoms with Crippen molar-refractivity contribution in [3.05, 3.63) is 23.8 Å². The lowest BCUT2D eigenvalue weighted by atomic mass is 9.95. The van der Waals surface area contributed by atoms with Crippen molar-refractivity contribution in [1.82, 2.24) is 15.5 Å². The Balaban J connectivity index is 1.37. The molecule has 0 atom stereocenters. The molecule has 0 bridgehead atoms. The van der Waals surface area contributed by atoms with E-state index in [-0.39, 0.29) is 5.41 Å². The highest BCUT2D eigenvalue weighted by molar-refractivity contribution is 5.80. The molecule has 3 aliphatic rings. The lowest BCUT2D eigenvalue weighted by Gasteiger charge is -2.33. The van der Waals surface area contributed by atoms with Crippen LogP contribution in [0, 0.1) is 0 Å². The van der Waals surface area contributed by atoms with E-state index in [2.05, 4.69) is 41.5 Å². The van der Waals surface area contributed by atoms with Crippen LogP contribution in [-0.4, -0.2) is 56.4 Å². The second-order valence-electron chi connectivity index (χ2n) is 8.30. The van der Waals surface area contributed by atoms with E-state index in [1.54, 1.807) is 0 Å². The maximum Gasteiger partial charge on any atom is 0.231 e. The fourth-order valence-corrected chi connectivity index (χ4v) is 4.28. The Morgan fingerprint density at radius 1 is 1.18 bits per heavy atom. The van der Waals surface area contributed by atoms with Gasteiger partial charge in [0.25, 0.3) is 0 Å². The number of hydrogen-bond acceptors (Lipinski definition) is 4. The number of hydrogen-bond donors (Lipinski definition) is 2. The fourth-order valence-electron chi connectivity index (χ4n) is 4.28. The van der Waals surface area contributed by atoms with Gasteiger partial charge in [0.1, 0.15) is 0 Å². The van der Waals surface area contributed by atoms with Gasteiger partial charge in [0.2, 0.25) is 6.79 Å². The van der Waals surface area contributed by atoms with Crippen LogP contribution in [0.25, 0.3) is 0 Å². The Kier molecular flexibility index (Phi) is 5.95. The number of aliphatic imine (C=N–C) groups is 1. The summed E-state index contributed by atoms with van der Waals surface area (Å²) >= 11 is 0. The summed E-state index contributed by atoms with van der Waals surface area (Å²) < 4.78 is 11.0. The number of likely N-dealkylation sites (tertiary alicyclic amines) is 1. The van der Waals surface area contributed by atoms with Gasteiger partial charge in [-0.05, 0) is 63.3 Å². The van der Waals surface area contributed by atoms with Crippen LogP contribution in [0.3, 0.4) is 0 Å². The van der Waals surface area contributed by atoms with Crippen LogP contribution < -0.4 is 20.1 Å². The van der Waals surface area contributed by atoms with E-state index in [9.17, 15) is 0 Å². The average molecular weight is 387 g/mol. The SMILES string of the molecule is CCCN1CCC(NC(=NCC2(c3ccc4c(c3)OCO4)CC2)NCC)CC1. The molecule has 154 valence electrons. The van der Waals surface area contributed by atoms with Gasteiger partial charge < -0.3 is 25.0 Å². The molecule has 2 fully saturated rings. The van der Waals surface area contributed by atoms with Gasteiger partial charge in [0.05, 0.1) is 6.54 Å². The molecule has 1 aromatic rings. The molecule has 28 heavy (non-hydrogen) atoms. The largest absolute Gasteiger partial charge is 0.454 e. The molecule has 0 radical (unpaired) electrons. The molecule has 2 aliphatic heterocycles. The summed E-state index contributed by atoms with van der Waals surface area (Å²) in [4.78, 5) is 7.55. The van der Waals surface area contributed by atoms with Crippen LogP contribution in [0.1, 0.15) is 51.5 Å². The quantitative estimate of drug-likeness (QED) is 0.557. The molecule has 1 aliphatic carbocycles. The molecule has 1 saturated carbocycles. The summed E-state index contributed by atoms with van der Waals surface area (Å²) in [5.41, 5.74) is 1.48. The first kappa shape index (κ1) is 19.4. The van der Waals surface area contributed by atoms with Crippen LogP contribution >= 0.6 is 0 Å². The van der Waals surface area contributed by atoms with E-state index in [4.69, 9.17) is 14.5 Å². The van der Waals surface area contributed by atoms with E-state index in [1.165, 1.54) is 57.3 Å². The third kappa shape index (κ3) is 4.37. The van der Waals surface area contributed by atoms with Crippen LogP contribution in [0.5, 0.6) is 11.5 Å². The number of benzene rings is 1. The fraction of sp³-hybridized carbons (Fsp3) is 0.682. The minimum Gasteiger partial charge on any atom is -0.454 e. The van der Waals surface area contributed by atoms with E-state index < -0.39 is 0 Å². The summed E-state index contributed by atoms with van der Waals surface area (Å²) in [5.74, 6) is 2.69. The molecule has 0 aromatic heterocycles. The predicted molar refractivity (Wildman–Crippen MR) is 112 cm³/mol. The highest BCUT2D eigenvalue weighted by Crippen LogP contribution is 2.50. The van der Waals surface area contributed by atoms with Gasteiger partial charge in [-0.15, -0.1) is 0 Å². The molecule has 2 heterocycles. The van der Waals surface area contributed by atoms with Crippen LogP contribution in [0.15, 0.2) is 23.2 Å². The van der Waals surface area contributed by atoms with Crippen molar-refractivity contribution in [2.45, 2.75) is 57.4 Å². The second-order valence-corrected chi connectivity index (χ2v) is 8.30. The molecule has 4 rings (SSSR count). The second kappa shape index (κ2) is 8.60. The van der Waals surface area contributed by atoms with E-state index in [1.807, 2.05) is 6.07 Å². The normalized spacial score (nSPS) is 21.6. The average Bonchev–Trinajstić information content (AvgIpc) is 3.36. The Morgan fingerprint density at radius 3 is 2.68 bits per heavy atom. The lowest BCUT2D eigenvalue weighted by molar-refractivity contribution is 0.174. The highest BCUT2D eigenvalue weighted by atomic mass is 16.7. The van der Waals surface area contributed by atoms with Crippen molar-refractivity contribution in [2.24, 2.45) is 4.99 Å². The topological polar surface area (TPSA) is 58.1 Å². The van der Waals surface area contributed by atoms with Gasteiger partial charge >= 0.3 is 0 Å². The molecule has 1 aromatic carbocycles. The molecule has 6 heteroatoms. The number of ether oxygens (including phenoxy) is 2. The van der Waals surface area contributed by atoms with Gasteiger partial charge in [0, 0.05) is 31.1 Å². The predicted octanol–water partition coefficient (Wildman–Crippen LogP) is 2.88. The molecule has 0 unspecified atom stereocenters. The van der Waals surface area contributed by atoms with Gasteiger partial charge in [-0.2, -0.15) is 0 Å². The van der Waals surface area contributed by atoms with Crippen molar-refractivity contribution in [3.63, 3.8) is 0 Å². The summed E-state index contributed by atoms with van der Waals surface area (Å²) in [6.45, 7) is 10.0. The summed E-state index contributed by atoms with van der Waals surface area (Å²) in [7, 11) is 0. The van der Waals surface area contributed by atoms with E-state index >= 15 is 0 Å². The van der Waals surface area contributed by atoms with Gasteiger partial charge in [-0.25, -0.2) is 0 Å². The van der Waals surface area contributed by atoms with Gasteiger partial charge in [-0.1, -0.05) is 13.0 Å². The molecular weight excluding hydrogens is 352 g/mol. The van der Waals surface area contributed by atoms with Crippen molar-refractivity contribution in [2.75, 3.05) is 39.5 Å². The number of piperidine rings is 1. The third-order valence-electron chi connectivity index (χ3n) is 6.19. The Hall–Kier alpha value is -1.95. The highest BCUT2D eigenvalue weighted by Gasteiger charge is 2.44. The smallest absolute Gasteiger partial charge is 0.231 e. The van der Waals surface area contributed by atoms with E-state index in [0.29, 0.717) is 12.8 Å². The number of fused-ring (bicyclic) bond motifs is 1.